The number of ether oxygens (including phenoxy) is 2. The van der Waals surface area contributed by atoms with Crippen molar-refractivity contribution in [3.63, 3.8) is 0 Å². The molecule has 0 aliphatic heterocycles. The van der Waals surface area contributed by atoms with E-state index in [1.165, 1.54) is 19.8 Å². The Morgan fingerprint density at radius 1 is 0.941 bits per heavy atom. The molecule has 0 unspecified atom stereocenters. The molecule has 0 saturated carbocycles. The molecule has 0 aromatic heterocycles. The second-order valence-corrected chi connectivity index (χ2v) is 5.74. The van der Waals surface area contributed by atoms with Gasteiger partial charge in [0, 0.05) is 19.8 Å². The minimum absolute atomic E-state index is 0.0769. The molecule has 3 nitrogen and oxygen atoms in total. The summed E-state index contributed by atoms with van der Waals surface area (Å²) in [6.45, 7) is 10.7. The van der Waals surface area contributed by atoms with Crippen molar-refractivity contribution in [3.05, 3.63) is 0 Å². The van der Waals surface area contributed by atoms with Gasteiger partial charge in [-0.1, -0.05) is 27.2 Å². The van der Waals surface area contributed by atoms with Gasteiger partial charge in [-0.05, 0) is 31.6 Å². The summed E-state index contributed by atoms with van der Waals surface area (Å²) in [5.41, 5.74) is 0.431. The van der Waals surface area contributed by atoms with E-state index in [2.05, 4.69) is 20.8 Å². The predicted octanol–water partition coefficient (Wildman–Crippen LogP) is 3.22. The molecule has 0 aliphatic rings. The molecular weight excluding hydrogens is 216 g/mol. The molecule has 0 aliphatic carbocycles. The van der Waals surface area contributed by atoms with E-state index in [-0.39, 0.29) is 12.4 Å². The number of rotatable bonds is 10. The number of unbranched alkanes of at least 4 members (excludes halogenated alkanes) is 1. The van der Waals surface area contributed by atoms with Crippen LogP contribution in [-0.4, -0.2) is 32.2 Å². The molecule has 0 saturated heterocycles. The zero-order valence-corrected chi connectivity index (χ0v) is 11.9. The van der Waals surface area contributed by atoms with Crippen LogP contribution in [0.2, 0.25) is 0 Å². The quantitative estimate of drug-likeness (QED) is 0.554. The average molecular weight is 244 g/mol. The Morgan fingerprint density at radius 2 is 1.53 bits per heavy atom. The first kappa shape index (κ1) is 16.6. The first-order valence-corrected chi connectivity index (χ1v) is 6.57. The highest BCUT2D eigenvalue weighted by atomic mass is 16.5. The van der Waals surface area contributed by atoms with Crippen molar-refractivity contribution in [2.45, 2.75) is 53.4 Å². The zero-order valence-electron chi connectivity index (χ0n) is 11.9. The second kappa shape index (κ2) is 9.60. The maximum Gasteiger partial charge on any atom is 0.155 e. The zero-order chi connectivity index (χ0) is 13.1. The third-order valence-electron chi connectivity index (χ3n) is 2.35. The van der Waals surface area contributed by atoms with Gasteiger partial charge in [0.2, 0.25) is 0 Å². The second-order valence-electron chi connectivity index (χ2n) is 5.74. The van der Waals surface area contributed by atoms with Crippen LogP contribution >= 0.6 is 0 Å². The van der Waals surface area contributed by atoms with E-state index < -0.39 is 0 Å². The lowest BCUT2D eigenvalue weighted by Crippen LogP contribution is -2.08. The van der Waals surface area contributed by atoms with Gasteiger partial charge < -0.3 is 9.47 Å². The van der Waals surface area contributed by atoms with E-state index in [0.717, 1.165) is 26.1 Å². The summed E-state index contributed by atoms with van der Waals surface area (Å²) >= 11 is 0. The number of Topliss-reactive ketones (excluding diaryl/α,β-unsaturated/α-hetero) is 1. The van der Waals surface area contributed by atoms with Gasteiger partial charge in [0.15, 0.2) is 5.78 Å². The molecule has 0 aromatic carbocycles. The Kier molecular flexibility index (Phi) is 9.37. The maximum absolute atomic E-state index is 10.6. The number of carbonyl (C=O) groups is 1. The van der Waals surface area contributed by atoms with Gasteiger partial charge in [-0.3, -0.25) is 4.79 Å². The SMILES string of the molecule is CC(=O)COCCCOCCCCC(C)(C)C. The smallest absolute Gasteiger partial charge is 0.155 e. The fraction of sp³-hybridized carbons (Fsp3) is 0.929. The van der Waals surface area contributed by atoms with Gasteiger partial charge in [-0.15, -0.1) is 0 Å². The van der Waals surface area contributed by atoms with Gasteiger partial charge in [-0.25, -0.2) is 0 Å². The molecule has 0 N–H and O–H groups in total. The van der Waals surface area contributed by atoms with Crippen molar-refractivity contribution in [1.29, 1.82) is 0 Å². The molecule has 0 fully saturated rings. The van der Waals surface area contributed by atoms with Crippen molar-refractivity contribution >= 4 is 5.78 Å². The number of carbonyl (C=O) groups excluding carboxylic acids is 1. The Morgan fingerprint density at radius 3 is 2.12 bits per heavy atom. The predicted molar refractivity (Wildman–Crippen MR) is 70.2 cm³/mol. The molecule has 0 rings (SSSR count). The number of hydrogen-bond donors (Lipinski definition) is 0. The van der Waals surface area contributed by atoms with E-state index >= 15 is 0 Å². The molecule has 0 spiro atoms. The lowest BCUT2D eigenvalue weighted by molar-refractivity contribution is -0.121. The lowest BCUT2D eigenvalue weighted by Gasteiger charge is -2.17. The molecule has 17 heavy (non-hydrogen) atoms. The summed E-state index contributed by atoms with van der Waals surface area (Å²) in [7, 11) is 0. The van der Waals surface area contributed by atoms with Gasteiger partial charge >= 0.3 is 0 Å². The van der Waals surface area contributed by atoms with Crippen LogP contribution in [0, 0.1) is 5.41 Å². The van der Waals surface area contributed by atoms with Crippen molar-refractivity contribution in [2.75, 3.05) is 26.4 Å². The number of ketones is 1. The molecule has 0 bridgehead atoms. The van der Waals surface area contributed by atoms with E-state index in [1.54, 1.807) is 0 Å². The van der Waals surface area contributed by atoms with Crippen LogP contribution in [-0.2, 0) is 14.3 Å². The minimum Gasteiger partial charge on any atom is -0.381 e. The standard InChI is InChI=1S/C14H28O3/c1-13(15)12-17-11-7-10-16-9-6-5-8-14(2,3)4/h5-12H2,1-4H3. The Balaban J connectivity index is 3.06. The Labute approximate surface area is 106 Å². The minimum atomic E-state index is 0.0769. The van der Waals surface area contributed by atoms with Crippen molar-refractivity contribution in [3.8, 4) is 0 Å². The molecule has 102 valence electrons. The van der Waals surface area contributed by atoms with Crippen molar-refractivity contribution in [2.24, 2.45) is 5.41 Å². The van der Waals surface area contributed by atoms with Gasteiger partial charge in [0.25, 0.3) is 0 Å². The van der Waals surface area contributed by atoms with Gasteiger partial charge in [0.1, 0.15) is 6.61 Å². The Hall–Kier alpha value is -0.410. The summed E-state index contributed by atoms with van der Waals surface area (Å²) in [5, 5.41) is 0. The van der Waals surface area contributed by atoms with Crippen LogP contribution in [0.1, 0.15) is 53.4 Å². The Bertz CT molecular complexity index is 194. The monoisotopic (exact) mass is 244 g/mol. The van der Waals surface area contributed by atoms with E-state index in [0.29, 0.717) is 12.0 Å². The topological polar surface area (TPSA) is 35.5 Å². The van der Waals surface area contributed by atoms with E-state index in [9.17, 15) is 4.79 Å². The molecule has 0 radical (unpaired) electrons. The molecule has 0 heterocycles. The summed E-state index contributed by atoms with van der Waals surface area (Å²) in [6, 6.07) is 0. The third-order valence-corrected chi connectivity index (χ3v) is 2.35. The molecule has 3 heteroatoms. The highest BCUT2D eigenvalue weighted by Crippen LogP contribution is 2.21. The fourth-order valence-electron chi connectivity index (χ4n) is 1.44. The van der Waals surface area contributed by atoms with Crippen molar-refractivity contribution < 1.29 is 14.3 Å². The van der Waals surface area contributed by atoms with Crippen LogP contribution in [0.3, 0.4) is 0 Å². The third kappa shape index (κ3) is 15.6. The summed E-state index contributed by atoms with van der Waals surface area (Å²) in [5.74, 6) is 0.0769. The molecule has 0 atom stereocenters. The average Bonchev–Trinajstić information content (AvgIpc) is 2.18. The van der Waals surface area contributed by atoms with E-state index in [1.807, 2.05) is 0 Å². The molecular formula is C14H28O3. The molecule has 0 aromatic rings. The molecule has 0 amide bonds. The lowest BCUT2D eigenvalue weighted by atomic mass is 9.90. The van der Waals surface area contributed by atoms with Crippen molar-refractivity contribution in [1.82, 2.24) is 0 Å². The maximum atomic E-state index is 10.6. The summed E-state index contributed by atoms with van der Waals surface area (Å²) in [6.07, 6.45) is 4.47. The van der Waals surface area contributed by atoms with Gasteiger partial charge in [-0.2, -0.15) is 0 Å². The van der Waals surface area contributed by atoms with Crippen LogP contribution in [0.15, 0.2) is 0 Å². The van der Waals surface area contributed by atoms with Crippen LogP contribution in [0.4, 0.5) is 0 Å². The summed E-state index contributed by atoms with van der Waals surface area (Å²) < 4.78 is 10.6. The van der Waals surface area contributed by atoms with Crippen LogP contribution in [0.5, 0.6) is 0 Å². The first-order chi connectivity index (χ1) is 7.92. The fourth-order valence-corrected chi connectivity index (χ4v) is 1.44. The highest BCUT2D eigenvalue weighted by molar-refractivity contribution is 5.76. The largest absolute Gasteiger partial charge is 0.381 e. The first-order valence-electron chi connectivity index (χ1n) is 6.57. The summed E-state index contributed by atoms with van der Waals surface area (Å²) in [4.78, 5) is 10.6. The van der Waals surface area contributed by atoms with E-state index in [4.69, 9.17) is 9.47 Å². The van der Waals surface area contributed by atoms with Gasteiger partial charge in [0.05, 0.1) is 0 Å². The normalized spacial score (nSPS) is 11.8. The van der Waals surface area contributed by atoms with Crippen LogP contribution < -0.4 is 0 Å². The van der Waals surface area contributed by atoms with Crippen LogP contribution in [0.25, 0.3) is 0 Å². The number of hydrogen-bond acceptors (Lipinski definition) is 3. The highest BCUT2D eigenvalue weighted by Gasteiger charge is 2.08.